The van der Waals surface area contributed by atoms with Gasteiger partial charge in [0.2, 0.25) is 0 Å². The van der Waals surface area contributed by atoms with Gasteiger partial charge in [0.05, 0.1) is 0 Å². The molecule has 0 aromatic heterocycles. The average Bonchev–Trinajstić information content (AvgIpc) is 2.79. The van der Waals surface area contributed by atoms with Crippen molar-refractivity contribution < 1.29 is 0 Å². The third kappa shape index (κ3) is 6.95. The van der Waals surface area contributed by atoms with Crippen molar-refractivity contribution in [1.82, 2.24) is 0 Å². The molecule has 0 spiro atoms. The molecule has 0 aliphatic rings. The van der Waals surface area contributed by atoms with Gasteiger partial charge in [-0.25, -0.2) is 0 Å². The van der Waals surface area contributed by atoms with Gasteiger partial charge in [0.25, 0.3) is 0 Å². The maximum absolute atomic E-state index is 2.31. The minimum absolute atomic E-state index is 1.07. The van der Waals surface area contributed by atoms with Crippen LogP contribution in [0.2, 0.25) is 0 Å². The predicted molar refractivity (Wildman–Crippen MR) is 147 cm³/mol. The monoisotopic (exact) mass is 428 g/mol. The summed E-state index contributed by atoms with van der Waals surface area (Å²) in [6, 6.07) is 22.7. The van der Waals surface area contributed by atoms with E-state index in [1.807, 2.05) is 27.7 Å². The summed E-state index contributed by atoms with van der Waals surface area (Å²) in [7, 11) is 0. The van der Waals surface area contributed by atoms with E-state index in [4.69, 9.17) is 0 Å². The van der Waals surface area contributed by atoms with E-state index < -0.39 is 0 Å². The van der Waals surface area contributed by atoms with E-state index in [0.29, 0.717) is 0 Å². The van der Waals surface area contributed by atoms with E-state index in [1.165, 1.54) is 55.7 Å². The Balaban J connectivity index is 0.00000121. The number of hydrogen-bond donors (Lipinski definition) is 0. The van der Waals surface area contributed by atoms with E-state index in [0.717, 1.165) is 12.8 Å². The smallest absolute Gasteiger partial charge is 0.00706 e. The van der Waals surface area contributed by atoms with Gasteiger partial charge in [-0.2, -0.15) is 0 Å². The molecule has 172 valence electrons. The zero-order valence-corrected chi connectivity index (χ0v) is 22.2. The van der Waals surface area contributed by atoms with Crippen LogP contribution in [0.5, 0.6) is 0 Å². The highest BCUT2D eigenvalue weighted by atomic mass is 14.2. The maximum atomic E-state index is 2.31. The molecule has 0 radical (unpaired) electrons. The lowest BCUT2D eigenvalue weighted by molar-refractivity contribution is 0.972. The van der Waals surface area contributed by atoms with Crippen LogP contribution in [0.3, 0.4) is 0 Å². The molecule has 0 saturated heterocycles. The summed E-state index contributed by atoms with van der Waals surface area (Å²) in [6.07, 6.45) is 2.20. The molecule has 0 heteroatoms. The van der Waals surface area contributed by atoms with Crippen molar-refractivity contribution in [2.75, 3.05) is 0 Å². The highest BCUT2D eigenvalue weighted by molar-refractivity contribution is 6.00. The molecule has 3 aromatic rings. The summed E-state index contributed by atoms with van der Waals surface area (Å²) in [4.78, 5) is 0. The molecule has 0 aliphatic carbocycles. The lowest BCUT2D eigenvalue weighted by Gasteiger charge is -2.21. The summed E-state index contributed by atoms with van der Waals surface area (Å²) in [5.74, 6) is 0. The number of allylic oxidation sites excluding steroid dienone is 1. The van der Waals surface area contributed by atoms with Crippen molar-refractivity contribution in [1.29, 1.82) is 0 Å². The fourth-order valence-electron chi connectivity index (χ4n) is 4.10. The lowest BCUT2D eigenvalue weighted by atomic mass is 9.83. The molecular weight excluding hydrogens is 384 g/mol. The highest BCUT2D eigenvalue weighted by Gasteiger charge is 2.17. The molecule has 0 atom stereocenters. The van der Waals surface area contributed by atoms with Gasteiger partial charge in [-0.1, -0.05) is 118 Å². The lowest BCUT2D eigenvalue weighted by Crippen LogP contribution is -2.00. The molecule has 0 bridgehead atoms. The normalized spacial score (nSPS) is 10.9. The van der Waals surface area contributed by atoms with E-state index in [2.05, 4.69) is 102 Å². The fourth-order valence-corrected chi connectivity index (χ4v) is 4.10. The predicted octanol–water partition coefficient (Wildman–Crippen LogP) is 10.0. The number of aryl methyl sites for hydroxylation is 5. The minimum Gasteiger partial charge on any atom is -0.0683 e. The van der Waals surface area contributed by atoms with Crippen LogP contribution >= 0.6 is 0 Å². The average molecular weight is 429 g/mol. The third-order valence-electron chi connectivity index (χ3n) is 5.50. The second-order valence-electron chi connectivity index (χ2n) is 8.11. The van der Waals surface area contributed by atoms with Crippen molar-refractivity contribution in [3.05, 3.63) is 105 Å². The van der Waals surface area contributed by atoms with Crippen LogP contribution in [0.1, 0.15) is 92.0 Å². The van der Waals surface area contributed by atoms with Gasteiger partial charge in [-0.05, 0) is 80.0 Å². The Bertz CT molecular complexity index is 1000. The molecular formula is C32H44. The molecule has 3 rings (SSSR count). The van der Waals surface area contributed by atoms with Crippen molar-refractivity contribution >= 4 is 11.1 Å². The maximum Gasteiger partial charge on any atom is -0.00706 e. The molecule has 0 N–H and O–H groups in total. The third-order valence-corrected chi connectivity index (χ3v) is 5.50. The summed E-state index contributed by atoms with van der Waals surface area (Å²) in [6.45, 7) is 21.3. The number of benzene rings is 3. The Morgan fingerprint density at radius 2 is 1.00 bits per heavy atom. The molecule has 3 aromatic carbocycles. The van der Waals surface area contributed by atoms with Crippen LogP contribution in [-0.4, -0.2) is 0 Å². The summed E-state index contributed by atoms with van der Waals surface area (Å²) in [5, 5.41) is 0. The quantitative estimate of drug-likeness (QED) is 0.355. The summed E-state index contributed by atoms with van der Waals surface area (Å²) >= 11 is 0. The molecule has 0 heterocycles. The first-order valence-corrected chi connectivity index (χ1v) is 12.4. The van der Waals surface area contributed by atoms with Crippen molar-refractivity contribution in [3.8, 4) is 0 Å². The van der Waals surface area contributed by atoms with Gasteiger partial charge in [0.1, 0.15) is 0 Å². The van der Waals surface area contributed by atoms with Crippen LogP contribution in [0.15, 0.2) is 60.7 Å². The van der Waals surface area contributed by atoms with Crippen LogP contribution < -0.4 is 0 Å². The van der Waals surface area contributed by atoms with E-state index in [-0.39, 0.29) is 0 Å². The van der Waals surface area contributed by atoms with Gasteiger partial charge in [-0.3, -0.25) is 0 Å². The molecule has 0 fully saturated rings. The summed E-state index contributed by atoms with van der Waals surface area (Å²) < 4.78 is 0. The van der Waals surface area contributed by atoms with Crippen LogP contribution in [0.4, 0.5) is 0 Å². The van der Waals surface area contributed by atoms with Gasteiger partial charge < -0.3 is 0 Å². The molecule has 0 amide bonds. The Morgan fingerprint density at radius 1 is 0.562 bits per heavy atom. The van der Waals surface area contributed by atoms with Crippen molar-refractivity contribution in [3.63, 3.8) is 0 Å². The zero-order chi connectivity index (χ0) is 24.3. The second kappa shape index (κ2) is 13.7. The Labute approximate surface area is 198 Å². The fraction of sp³-hybridized carbons (Fsp3) is 0.375. The van der Waals surface area contributed by atoms with Gasteiger partial charge in [0, 0.05) is 0 Å². The van der Waals surface area contributed by atoms with Crippen molar-refractivity contribution in [2.24, 2.45) is 0 Å². The first kappa shape index (κ1) is 27.4. The van der Waals surface area contributed by atoms with Gasteiger partial charge >= 0.3 is 0 Å². The molecule has 32 heavy (non-hydrogen) atoms. The first-order valence-electron chi connectivity index (χ1n) is 12.4. The number of rotatable bonds is 5. The Morgan fingerprint density at radius 3 is 1.44 bits per heavy atom. The largest absolute Gasteiger partial charge is 0.0683 e. The van der Waals surface area contributed by atoms with Gasteiger partial charge in [0.15, 0.2) is 0 Å². The van der Waals surface area contributed by atoms with Crippen LogP contribution in [0, 0.1) is 34.6 Å². The van der Waals surface area contributed by atoms with E-state index in [1.54, 1.807) is 0 Å². The van der Waals surface area contributed by atoms with Gasteiger partial charge in [-0.15, -0.1) is 0 Å². The molecule has 0 unspecified atom stereocenters. The van der Waals surface area contributed by atoms with Crippen LogP contribution in [0.25, 0.3) is 11.1 Å². The van der Waals surface area contributed by atoms with E-state index >= 15 is 0 Å². The summed E-state index contributed by atoms with van der Waals surface area (Å²) in [5.41, 5.74) is 13.5. The molecule has 0 nitrogen and oxygen atoms in total. The van der Waals surface area contributed by atoms with Crippen molar-refractivity contribution in [2.45, 2.75) is 82.1 Å². The SMILES string of the molecule is CC.CC.CCC/C(=C(/c1ccc(C)cc1)c1ccc(C)cc1C)c1ccc(C)cc1C. The number of hydrogen-bond acceptors (Lipinski definition) is 0. The standard InChI is InChI=1S/C28H32.2C2H6/c1-7-8-27(25-15-11-20(3)17-22(25)5)28(24-13-9-19(2)10-14-24)26-16-12-21(4)18-23(26)6;2*1-2/h9-18H,7-8H2,1-6H3;2*1-2H3/b28-27+;;. The minimum atomic E-state index is 1.07. The molecule has 0 saturated carbocycles. The first-order chi connectivity index (χ1) is 15.4. The highest BCUT2D eigenvalue weighted by Crippen LogP contribution is 2.38. The van der Waals surface area contributed by atoms with Crippen LogP contribution in [-0.2, 0) is 0 Å². The topological polar surface area (TPSA) is 0 Å². The Kier molecular flexibility index (Phi) is 11.8. The Hall–Kier alpha value is -2.60. The zero-order valence-electron chi connectivity index (χ0n) is 22.2. The van der Waals surface area contributed by atoms with E-state index in [9.17, 15) is 0 Å². The second-order valence-corrected chi connectivity index (χ2v) is 8.11. The molecule has 0 aliphatic heterocycles.